The van der Waals surface area contributed by atoms with E-state index in [4.69, 9.17) is 0 Å². The quantitative estimate of drug-likeness (QED) is 0.726. The number of carbonyl (C=O) groups is 2. The highest BCUT2D eigenvalue weighted by Crippen LogP contribution is 2.33. The molecule has 0 bridgehead atoms. The Morgan fingerprint density at radius 3 is 2.79 bits per heavy atom. The summed E-state index contributed by atoms with van der Waals surface area (Å²) in [6.45, 7) is 4.45. The number of carbonyl (C=O) groups excluding carboxylic acids is 2. The van der Waals surface area contributed by atoms with Gasteiger partial charge in [-0.2, -0.15) is 0 Å². The maximum absolute atomic E-state index is 13.2. The molecule has 8 heteroatoms. The van der Waals surface area contributed by atoms with Gasteiger partial charge in [-0.1, -0.05) is 48.0 Å². The van der Waals surface area contributed by atoms with Gasteiger partial charge in [-0.3, -0.25) is 4.79 Å². The molecule has 1 saturated heterocycles. The highest BCUT2D eigenvalue weighted by molar-refractivity contribution is 9.10. The maximum Gasteiger partial charge on any atom is 0.407 e. The molecular formula is C20H25BrN4O3. The molecule has 1 aromatic carbocycles. The van der Waals surface area contributed by atoms with Crippen LogP contribution in [0, 0.1) is 5.92 Å². The van der Waals surface area contributed by atoms with Crippen LogP contribution >= 0.6 is 15.9 Å². The van der Waals surface area contributed by atoms with Gasteiger partial charge in [0.25, 0.3) is 0 Å². The lowest BCUT2D eigenvalue weighted by Crippen LogP contribution is -2.51. The summed E-state index contributed by atoms with van der Waals surface area (Å²) < 4.78 is 5.65. The SMILES string of the molecule is COC(=O)NC(C(=O)N1CCCC1c1ncc(-c2ccccc2Br)[nH]1)C(C)C. The summed E-state index contributed by atoms with van der Waals surface area (Å²) >= 11 is 3.56. The average Bonchev–Trinajstić information content (AvgIpc) is 3.34. The van der Waals surface area contributed by atoms with Crippen LogP contribution in [0.3, 0.4) is 0 Å². The van der Waals surface area contributed by atoms with E-state index in [9.17, 15) is 9.59 Å². The minimum atomic E-state index is -0.634. The molecular weight excluding hydrogens is 424 g/mol. The van der Waals surface area contributed by atoms with E-state index in [1.54, 1.807) is 6.20 Å². The van der Waals surface area contributed by atoms with Crippen LogP contribution in [0.2, 0.25) is 0 Å². The number of halogens is 1. The smallest absolute Gasteiger partial charge is 0.407 e. The summed E-state index contributed by atoms with van der Waals surface area (Å²) in [7, 11) is 1.29. The number of H-pyrrole nitrogens is 1. The molecule has 2 N–H and O–H groups in total. The van der Waals surface area contributed by atoms with Crippen molar-refractivity contribution in [2.24, 2.45) is 5.92 Å². The van der Waals surface area contributed by atoms with E-state index in [1.165, 1.54) is 7.11 Å². The zero-order valence-electron chi connectivity index (χ0n) is 16.2. The van der Waals surface area contributed by atoms with Gasteiger partial charge in [0.05, 0.1) is 25.0 Å². The van der Waals surface area contributed by atoms with Gasteiger partial charge < -0.3 is 19.9 Å². The molecule has 0 spiro atoms. The Kier molecular flexibility index (Phi) is 6.39. The number of likely N-dealkylation sites (tertiary alicyclic amines) is 1. The van der Waals surface area contributed by atoms with E-state index in [-0.39, 0.29) is 17.9 Å². The third-order valence-corrected chi connectivity index (χ3v) is 5.69. The van der Waals surface area contributed by atoms with Crippen LogP contribution in [-0.4, -0.2) is 46.6 Å². The predicted molar refractivity (Wildman–Crippen MR) is 110 cm³/mol. The number of imidazole rings is 1. The van der Waals surface area contributed by atoms with Crippen molar-refractivity contribution in [3.63, 3.8) is 0 Å². The van der Waals surface area contributed by atoms with E-state index < -0.39 is 12.1 Å². The molecule has 2 unspecified atom stereocenters. The lowest BCUT2D eigenvalue weighted by molar-refractivity contribution is -0.135. The monoisotopic (exact) mass is 448 g/mol. The van der Waals surface area contributed by atoms with Crippen LogP contribution in [0.1, 0.15) is 38.6 Å². The second-order valence-electron chi connectivity index (χ2n) is 7.21. The first-order chi connectivity index (χ1) is 13.4. The van der Waals surface area contributed by atoms with Gasteiger partial charge >= 0.3 is 6.09 Å². The topological polar surface area (TPSA) is 87.3 Å². The lowest BCUT2D eigenvalue weighted by Gasteiger charge is -2.30. The molecule has 3 rings (SSSR count). The van der Waals surface area contributed by atoms with Crippen molar-refractivity contribution in [2.75, 3.05) is 13.7 Å². The van der Waals surface area contributed by atoms with Crippen LogP contribution in [0.15, 0.2) is 34.9 Å². The Morgan fingerprint density at radius 1 is 1.36 bits per heavy atom. The van der Waals surface area contributed by atoms with Crippen molar-refractivity contribution in [3.8, 4) is 11.3 Å². The third kappa shape index (κ3) is 4.22. The number of hydrogen-bond acceptors (Lipinski definition) is 4. The summed E-state index contributed by atoms with van der Waals surface area (Å²) in [6, 6.07) is 7.15. The first kappa shape index (κ1) is 20.4. The molecule has 1 aliphatic rings. The minimum Gasteiger partial charge on any atom is -0.453 e. The normalized spacial score (nSPS) is 17.6. The molecule has 1 aliphatic heterocycles. The van der Waals surface area contributed by atoms with Crippen molar-refractivity contribution in [2.45, 2.75) is 38.8 Å². The largest absolute Gasteiger partial charge is 0.453 e. The van der Waals surface area contributed by atoms with E-state index in [0.29, 0.717) is 6.54 Å². The number of rotatable bonds is 5. The fourth-order valence-corrected chi connectivity index (χ4v) is 4.01. The fraction of sp³-hybridized carbons (Fsp3) is 0.450. The van der Waals surface area contributed by atoms with Crippen molar-refractivity contribution in [1.82, 2.24) is 20.2 Å². The number of aromatic amines is 1. The summed E-state index contributed by atoms with van der Waals surface area (Å²) in [5, 5.41) is 2.66. The van der Waals surface area contributed by atoms with Crippen molar-refractivity contribution < 1.29 is 14.3 Å². The highest BCUT2D eigenvalue weighted by Gasteiger charge is 2.37. The number of aromatic nitrogens is 2. The van der Waals surface area contributed by atoms with Gasteiger partial charge in [-0.25, -0.2) is 9.78 Å². The zero-order valence-corrected chi connectivity index (χ0v) is 17.8. The molecule has 0 aliphatic carbocycles. The van der Waals surface area contributed by atoms with Gasteiger partial charge in [-0.05, 0) is 24.8 Å². The Balaban J connectivity index is 1.82. The van der Waals surface area contributed by atoms with Crippen LogP contribution in [0.4, 0.5) is 4.79 Å². The van der Waals surface area contributed by atoms with Gasteiger partial charge in [0.15, 0.2) is 0 Å². The molecule has 0 saturated carbocycles. The summed E-state index contributed by atoms with van der Waals surface area (Å²) in [4.78, 5) is 34.5. The number of alkyl carbamates (subject to hydrolysis) is 1. The third-order valence-electron chi connectivity index (χ3n) is 5.00. The van der Waals surface area contributed by atoms with Crippen LogP contribution < -0.4 is 5.32 Å². The number of amides is 2. The molecule has 7 nitrogen and oxygen atoms in total. The molecule has 2 amide bonds. The molecule has 1 fully saturated rings. The van der Waals surface area contributed by atoms with E-state index in [0.717, 1.165) is 34.4 Å². The second-order valence-corrected chi connectivity index (χ2v) is 8.06. The second kappa shape index (κ2) is 8.77. The number of nitrogens with one attached hydrogen (secondary N) is 2. The van der Waals surface area contributed by atoms with Crippen molar-refractivity contribution in [3.05, 3.63) is 40.8 Å². The number of ether oxygens (including phenoxy) is 1. The van der Waals surface area contributed by atoms with Crippen molar-refractivity contribution >= 4 is 27.9 Å². The van der Waals surface area contributed by atoms with Gasteiger partial charge in [0, 0.05) is 16.6 Å². The van der Waals surface area contributed by atoms with Crippen LogP contribution in [-0.2, 0) is 9.53 Å². The van der Waals surface area contributed by atoms with Crippen LogP contribution in [0.5, 0.6) is 0 Å². The molecule has 28 heavy (non-hydrogen) atoms. The molecule has 2 heterocycles. The number of hydrogen-bond donors (Lipinski definition) is 2. The molecule has 150 valence electrons. The highest BCUT2D eigenvalue weighted by atomic mass is 79.9. The molecule has 1 aromatic heterocycles. The molecule has 2 atom stereocenters. The maximum atomic E-state index is 13.2. The standard InChI is InChI=1S/C20H25BrN4O3/c1-12(2)17(24-20(27)28-3)19(26)25-10-6-9-16(25)18-22-11-15(23-18)13-7-4-5-8-14(13)21/h4-5,7-8,11-12,16-17H,6,9-10H2,1-3H3,(H,22,23)(H,24,27). The van der Waals surface area contributed by atoms with Crippen LogP contribution in [0.25, 0.3) is 11.3 Å². The number of methoxy groups -OCH3 is 1. The minimum absolute atomic E-state index is 0.0553. The van der Waals surface area contributed by atoms with Gasteiger partial charge in [-0.15, -0.1) is 0 Å². The summed E-state index contributed by atoms with van der Waals surface area (Å²) in [5.74, 6) is 0.596. The Bertz CT molecular complexity index is 851. The zero-order chi connectivity index (χ0) is 20.3. The van der Waals surface area contributed by atoms with E-state index in [1.807, 2.05) is 43.0 Å². The number of nitrogens with zero attached hydrogens (tertiary/aromatic N) is 2. The predicted octanol–water partition coefficient (Wildman–Crippen LogP) is 3.88. The Morgan fingerprint density at radius 2 is 2.11 bits per heavy atom. The van der Waals surface area contributed by atoms with Crippen molar-refractivity contribution in [1.29, 1.82) is 0 Å². The van der Waals surface area contributed by atoms with E-state index >= 15 is 0 Å². The van der Waals surface area contributed by atoms with E-state index in [2.05, 4.69) is 36.0 Å². The first-order valence-electron chi connectivity index (χ1n) is 9.37. The molecule has 0 radical (unpaired) electrons. The Labute approximate surface area is 173 Å². The first-order valence-corrected chi connectivity index (χ1v) is 10.2. The number of benzene rings is 1. The summed E-state index contributed by atoms with van der Waals surface area (Å²) in [5.41, 5.74) is 1.92. The van der Waals surface area contributed by atoms with Gasteiger partial charge in [0.1, 0.15) is 11.9 Å². The fourth-order valence-electron chi connectivity index (χ4n) is 3.52. The average molecular weight is 449 g/mol. The van der Waals surface area contributed by atoms with Gasteiger partial charge in [0.2, 0.25) is 5.91 Å². The molecule has 2 aromatic rings. The lowest BCUT2D eigenvalue weighted by atomic mass is 10.0. The summed E-state index contributed by atoms with van der Waals surface area (Å²) in [6.07, 6.45) is 2.92. The Hall–Kier alpha value is -2.35.